The third-order valence-electron chi connectivity index (χ3n) is 1.36. The predicted octanol–water partition coefficient (Wildman–Crippen LogP) is -0.927. The molecule has 1 aromatic heterocycles. The highest BCUT2D eigenvalue weighted by Crippen LogP contribution is 1.86. The Kier molecular flexibility index (Phi) is 1.80. The van der Waals surface area contributed by atoms with Gasteiger partial charge in [-0.25, -0.2) is 0 Å². The van der Waals surface area contributed by atoms with Crippen LogP contribution in [0.4, 0.5) is 0 Å². The zero-order valence-corrected chi connectivity index (χ0v) is 6.34. The van der Waals surface area contributed by atoms with Gasteiger partial charge in [-0.2, -0.15) is 0 Å². The molecule has 1 rings (SSSR count). The molecule has 0 spiro atoms. The molecule has 0 aliphatic heterocycles. The minimum Gasteiger partial charge on any atom is -0.354 e. The van der Waals surface area contributed by atoms with Gasteiger partial charge in [0, 0.05) is 20.2 Å². The number of nitrogens with one attached hydrogen (secondary N) is 2. The molecule has 1 aromatic rings. The lowest BCUT2D eigenvalue weighted by molar-refractivity contribution is 0.0957. The number of aromatic nitrogens is 2. The van der Waals surface area contributed by atoms with Gasteiger partial charge in [-0.1, -0.05) is 0 Å². The topological polar surface area (TPSA) is 66.9 Å². The Balaban J connectivity index is 3.07. The van der Waals surface area contributed by atoms with Crippen LogP contribution in [-0.2, 0) is 7.05 Å². The summed E-state index contributed by atoms with van der Waals surface area (Å²) < 4.78 is 1.24. The van der Waals surface area contributed by atoms with E-state index in [2.05, 4.69) is 10.4 Å². The first-order chi connectivity index (χ1) is 5.15. The summed E-state index contributed by atoms with van der Waals surface area (Å²) >= 11 is 0. The highest BCUT2D eigenvalue weighted by molar-refractivity contribution is 5.91. The van der Waals surface area contributed by atoms with E-state index in [-0.39, 0.29) is 17.2 Å². The molecule has 0 aromatic carbocycles. The number of H-pyrrole nitrogens is 1. The number of aryl methyl sites for hydroxylation is 1. The molecule has 5 nitrogen and oxygen atoms in total. The normalized spacial score (nSPS) is 9.64. The molecule has 0 aliphatic carbocycles. The minimum atomic E-state index is -0.289. The van der Waals surface area contributed by atoms with E-state index in [1.54, 1.807) is 7.05 Å². The monoisotopic (exact) mass is 155 g/mol. The molecule has 0 radical (unpaired) electrons. The SMILES string of the molecule is CNC(=O)c1cc(=O)n(C)[nH]1. The van der Waals surface area contributed by atoms with Crippen molar-refractivity contribution < 1.29 is 4.79 Å². The van der Waals surface area contributed by atoms with Crippen LogP contribution in [0.3, 0.4) is 0 Å². The number of carbonyl (C=O) groups excluding carboxylic acids is 1. The van der Waals surface area contributed by atoms with Crippen LogP contribution in [0.25, 0.3) is 0 Å². The van der Waals surface area contributed by atoms with Crippen molar-refractivity contribution in [1.29, 1.82) is 0 Å². The number of nitrogens with zero attached hydrogens (tertiary/aromatic N) is 1. The van der Waals surface area contributed by atoms with E-state index >= 15 is 0 Å². The van der Waals surface area contributed by atoms with Crippen LogP contribution < -0.4 is 10.9 Å². The molecule has 0 unspecified atom stereocenters. The Morgan fingerprint density at radius 1 is 1.73 bits per heavy atom. The van der Waals surface area contributed by atoms with Gasteiger partial charge in [0.15, 0.2) is 0 Å². The summed E-state index contributed by atoms with van der Waals surface area (Å²) in [5, 5.41) is 4.99. The van der Waals surface area contributed by atoms with Gasteiger partial charge in [-0.05, 0) is 0 Å². The Labute approximate surface area is 63.0 Å². The number of aromatic amines is 1. The molecule has 60 valence electrons. The fraction of sp³-hybridized carbons (Fsp3) is 0.333. The van der Waals surface area contributed by atoms with Crippen molar-refractivity contribution in [3.05, 3.63) is 22.1 Å². The molecule has 5 heteroatoms. The quantitative estimate of drug-likeness (QED) is 0.550. The number of hydrogen-bond acceptors (Lipinski definition) is 2. The lowest BCUT2D eigenvalue weighted by atomic mass is 10.4. The zero-order chi connectivity index (χ0) is 8.43. The first kappa shape index (κ1) is 7.59. The van der Waals surface area contributed by atoms with E-state index in [0.29, 0.717) is 0 Å². The minimum absolute atomic E-state index is 0.219. The largest absolute Gasteiger partial charge is 0.354 e. The standard InChI is InChI=1S/C6H9N3O2/c1-7-6(11)4-3-5(10)9(2)8-4/h3,8H,1-2H3,(H,7,11). The fourth-order valence-corrected chi connectivity index (χ4v) is 0.739. The molecule has 0 aliphatic rings. The van der Waals surface area contributed by atoms with Crippen molar-refractivity contribution in [2.45, 2.75) is 0 Å². The Morgan fingerprint density at radius 3 is 2.73 bits per heavy atom. The second-order valence-corrected chi connectivity index (χ2v) is 2.15. The van der Waals surface area contributed by atoms with Crippen LogP contribution in [0, 0.1) is 0 Å². The van der Waals surface area contributed by atoms with Crippen LogP contribution in [-0.4, -0.2) is 22.7 Å². The third kappa shape index (κ3) is 1.31. The molecule has 0 bridgehead atoms. The van der Waals surface area contributed by atoms with Crippen LogP contribution in [0.1, 0.15) is 10.5 Å². The van der Waals surface area contributed by atoms with Gasteiger partial charge in [0.05, 0.1) is 0 Å². The highest BCUT2D eigenvalue weighted by Gasteiger charge is 2.05. The van der Waals surface area contributed by atoms with Crippen molar-refractivity contribution in [1.82, 2.24) is 15.1 Å². The van der Waals surface area contributed by atoms with Gasteiger partial charge in [-0.3, -0.25) is 19.4 Å². The van der Waals surface area contributed by atoms with Crippen molar-refractivity contribution in [3.63, 3.8) is 0 Å². The smallest absolute Gasteiger partial charge is 0.269 e. The van der Waals surface area contributed by atoms with Gasteiger partial charge >= 0.3 is 0 Å². The summed E-state index contributed by atoms with van der Waals surface area (Å²) in [6.07, 6.45) is 0. The first-order valence-electron chi connectivity index (χ1n) is 3.13. The van der Waals surface area contributed by atoms with Crippen molar-refractivity contribution in [2.24, 2.45) is 7.05 Å². The summed E-state index contributed by atoms with van der Waals surface area (Å²) in [5.41, 5.74) is 0.0589. The van der Waals surface area contributed by atoms with Gasteiger partial charge < -0.3 is 5.32 Å². The average molecular weight is 155 g/mol. The number of carbonyl (C=O) groups is 1. The van der Waals surface area contributed by atoms with E-state index in [1.807, 2.05) is 0 Å². The fourth-order valence-electron chi connectivity index (χ4n) is 0.739. The second-order valence-electron chi connectivity index (χ2n) is 2.15. The van der Waals surface area contributed by atoms with Crippen LogP contribution in [0.5, 0.6) is 0 Å². The van der Waals surface area contributed by atoms with E-state index in [4.69, 9.17) is 0 Å². The van der Waals surface area contributed by atoms with Crippen molar-refractivity contribution >= 4 is 5.91 Å². The second kappa shape index (κ2) is 2.61. The van der Waals surface area contributed by atoms with Crippen LogP contribution in [0.15, 0.2) is 10.9 Å². The maximum atomic E-state index is 10.9. The lowest BCUT2D eigenvalue weighted by Crippen LogP contribution is -2.18. The molecule has 0 fully saturated rings. The first-order valence-corrected chi connectivity index (χ1v) is 3.13. The Hall–Kier alpha value is -1.52. The highest BCUT2D eigenvalue weighted by atomic mass is 16.2. The molecule has 11 heavy (non-hydrogen) atoms. The van der Waals surface area contributed by atoms with Gasteiger partial charge in [-0.15, -0.1) is 0 Å². The van der Waals surface area contributed by atoms with E-state index in [9.17, 15) is 9.59 Å². The molecule has 1 heterocycles. The van der Waals surface area contributed by atoms with Crippen LogP contribution in [0.2, 0.25) is 0 Å². The maximum Gasteiger partial charge on any atom is 0.269 e. The average Bonchev–Trinajstić information content (AvgIpc) is 2.31. The van der Waals surface area contributed by atoms with Gasteiger partial charge in [0.1, 0.15) is 5.69 Å². The predicted molar refractivity (Wildman–Crippen MR) is 39.4 cm³/mol. The summed E-state index contributed by atoms with van der Waals surface area (Å²) in [7, 11) is 3.06. The molecular weight excluding hydrogens is 146 g/mol. The summed E-state index contributed by atoms with van der Waals surface area (Å²) in [4.78, 5) is 21.7. The van der Waals surface area contributed by atoms with E-state index in [0.717, 1.165) is 0 Å². The maximum absolute atomic E-state index is 10.9. The van der Waals surface area contributed by atoms with Gasteiger partial charge in [0.2, 0.25) is 0 Å². The molecule has 1 amide bonds. The zero-order valence-electron chi connectivity index (χ0n) is 6.34. The summed E-state index contributed by atoms with van der Waals surface area (Å²) in [6.45, 7) is 0. The van der Waals surface area contributed by atoms with Crippen LogP contribution >= 0.6 is 0 Å². The van der Waals surface area contributed by atoms with Crippen molar-refractivity contribution in [3.8, 4) is 0 Å². The molecular formula is C6H9N3O2. The third-order valence-corrected chi connectivity index (χ3v) is 1.36. The van der Waals surface area contributed by atoms with Gasteiger partial charge in [0.25, 0.3) is 11.5 Å². The lowest BCUT2D eigenvalue weighted by Gasteiger charge is -1.92. The Bertz CT molecular complexity index is 323. The Morgan fingerprint density at radius 2 is 2.36 bits per heavy atom. The number of amides is 1. The molecule has 0 saturated heterocycles. The van der Waals surface area contributed by atoms with Crippen molar-refractivity contribution in [2.75, 3.05) is 7.05 Å². The molecule has 2 N–H and O–H groups in total. The van der Waals surface area contributed by atoms with E-state index < -0.39 is 0 Å². The number of rotatable bonds is 1. The van der Waals surface area contributed by atoms with E-state index in [1.165, 1.54) is 17.8 Å². The summed E-state index contributed by atoms with van der Waals surface area (Å²) in [6, 6.07) is 1.25. The molecule has 0 atom stereocenters. The number of hydrogen-bond donors (Lipinski definition) is 2. The summed E-state index contributed by atoms with van der Waals surface area (Å²) in [5.74, 6) is -0.289. The molecule has 0 saturated carbocycles.